The Kier molecular flexibility index (Phi) is 4.80. The van der Waals surface area contributed by atoms with Crippen LogP contribution in [0.3, 0.4) is 0 Å². The third-order valence-corrected chi connectivity index (χ3v) is 4.89. The third kappa shape index (κ3) is 3.40. The Hall–Kier alpha value is -1.07. The number of rotatable bonds is 3. The zero-order valence-corrected chi connectivity index (χ0v) is 13.4. The topological polar surface area (TPSA) is 44.3 Å². The molecule has 5 nitrogen and oxygen atoms in total. The summed E-state index contributed by atoms with van der Waals surface area (Å²) in [6.45, 7) is 4.62. The van der Waals surface area contributed by atoms with Gasteiger partial charge >= 0.3 is 0 Å². The number of piperidine rings is 2. The Balaban J connectivity index is 1.62. The average Bonchev–Trinajstić information content (AvgIpc) is 2.56. The molecule has 0 aromatic carbocycles. The Bertz CT molecular complexity index is 467. The molecule has 0 aliphatic carbocycles. The molecule has 0 amide bonds. The van der Waals surface area contributed by atoms with E-state index in [-0.39, 0.29) is 0 Å². The molecule has 1 aromatic heterocycles. The van der Waals surface area contributed by atoms with Crippen molar-refractivity contribution in [3.8, 4) is 0 Å². The van der Waals surface area contributed by atoms with Crippen LogP contribution in [0.25, 0.3) is 0 Å². The lowest BCUT2D eigenvalue weighted by atomic mass is 10.00. The summed E-state index contributed by atoms with van der Waals surface area (Å²) in [5, 5.41) is 3.62. The summed E-state index contributed by atoms with van der Waals surface area (Å²) in [6.07, 6.45) is 8.22. The second kappa shape index (κ2) is 6.79. The molecule has 0 atom stereocenters. The normalized spacial score (nSPS) is 21.5. The quantitative estimate of drug-likeness (QED) is 0.930. The van der Waals surface area contributed by atoms with Crippen molar-refractivity contribution in [3.63, 3.8) is 0 Å². The van der Waals surface area contributed by atoms with Crippen LogP contribution >= 0.6 is 11.6 Å². The number of likely N-dealkylation sites (tertiary alicyclic amines) is 1. The molecule has 0 bridgehead atoms. The van der Waals surface area contributed by atoms with Crippen LogP contribution in [0.15, 0.2) is 6.20 Å². The van der Waals surface area contributed by atoms with Crippen LogP contribution in [-0.2, 0) is 0 Å². The summed E-state index contributed by atoms with van der Waals surface area (Å²) < 4.78 is 0. The number of aromatic nitrogens is 2. The molecule has 3 heterocycles. The van der Waals surface area contributed by atoms with Crippen molar-refractivity contribution < 1.29 is 0 Å². The lowest BCUT2D eigenvalue weighted by Crippen LogP contribution is -2.47. The molecule has 0 saturated carbocycles. The van der Waals surface area contributed by atoms with Gasteiger partial charge in [0.05, 0.1) is 6.20 Å². The summed E-state index contributed by atoms with van der Waals surface area (Å²) in [4.78, 5) is 13.6. The highest BCUT2D eigenvalue weighted by atomic mass is 35.5. The molecule has 116 valence electrons. The summed E-state index contributed by atoms with van der Waals surface area (Å²) in [5.74, 6) is 1.50. The van der Waals surface area contributed by atoms with Gasteiger partial charge < -0.3 is 15.1 Å². The second-order valence-corrected chi connectivity index (χ2v) is 6.34. The highest BCUT2D eigenvalue weighted by molar-refractivity contribution is 6.32. The van der Waals surface area contributed by atoms with Crippen LogP contribution in [0.4, 0.5) is 11.8 Å². The fourth-order valence-corrected chi connectivity index (χ4v) is 3.64. The number of hydrogen-bond acceptors (Lipinski definition) is 5. The first-order chi connectivity index (χ1) is 10.3. The fourth-order valence-electron chi connectivity index (χ4n) is 3.43. The van der Waals surface area contributed by atoms with Crippen LogP contribution in [0.5, 0.6) is 0 Å². The van der Waals surface area contributed by atoms with Gasteiger partial charge in [0, 0.05) is 26.2 Å². The number of anilines is 2. The standard InChI is InChI=1S/C15H24ClN5/c1-17-15-18-11-13(16)14(19-15)21-9-5-12(6-10-21)20-7-3-2-4-8-20/h11-12H,2-10H2,1H3,(H,17,18,19). The van der Waals surface area contributed by atoms with E-state index >= 15 is 0 Å². The van der Waals surface area contributed by atoms with E-state index in [4.69, 9.17) is 11.6 Å². The summed E-state index contributed by atoms with van der Waals surface area (Å²) in [6, 6.07) is 0.742. The van der Waals surface area contributed by atoms with Gasteiger partial charge in [0.1, 0.15) is 5.02 Å². The van der Waals surface area contributed by atoms with Gasteiger partial charge in [-0.2, -0.15) is 4.98 Å². The molecular weight excluding hydrogens is 286 g/mol. The number of nitrogens with zero attached hydrogens (tertiary/aromatic N) is 4. The lowest BCUT2D eigenvalue weighted by Gasteiger charge is -2.40. The van der Waals surface area contributed by atoms with E-state index in [1.165, 1.54) is 45.2 Å². The van der Waals surface area contributed by atoms with E-state index < -0.39 is 0 Å². The van der Waals surface area contributed by atoms with Crippen molar-refractivity contribution in [2.24, 2.45) is 0 Å². The third-order valence-electron chi connectivity index (χ3n) is 4.62. The molecule has 21 heavy (non-hydrogen) atoms. The van der Waals surface area contributed by atoms with Crippen molar-refractivity contribution in [2.75, 3.05) is 43.4 Å². The van der Waals surface area contributed by atoms with E-state index in [1.807, 2.05) is 7.05 Å². The summed E-state index contributed by atoms with van der Waals surface area (Å²) in [5.41, 5.74) is 0. The molecule has 2 saturated heterocycles. The maximum Gasteiger partial charge on any atom is 0.224 e. The maximum atomic E-state index is 6.27. The van der Waals surface area contributed by atoms with Gasteiger partial charge in [0.25, 0.3) is 0 Å². The van der Waals surface area contributed by atoms with Crippen LogP contribution in [-0.4, -0.2) is 54.1 Å². The van der Waals surface area contributed by atoms with Gasteiger partial charge in [-0.3, -0.25) is 0 Å². The maximum absolute atomic E-state index is 6.27. The van der Waals surface area contributed by atoms with Crippen LogP contribution in [0.2, 0.25) is 5.02 Å². The first kappa shape index (κ1) is 14.9. The Morgan fingerprint density at radius 2 is 1.86 bits per heavy atom. The van der Waals surface area contributed by atoms with E-state index in [1.54, 1.807) is 6.20 Å². The monoisotopic (exact) mass is 309 g/mol. The zero-order valence-electron chi connectivity index (χ0n) is 12.7. The molecule has 3 rings (SSSR count). The highest BCUT2D eigenvalue weighted by Crippen LogP contribution is 2.28. The first-order valence-electron chi connectivity index (χ1n) is 7.97. The summed E-state index contributed by atoms with van der Waals surface area (Å²) in [7, 11) is 1.83. The van der Waals surface area contributed by atoms with Gasteiger partial charge in [-0.25, -0.2) is 4.98 Å². The SMILES string of the molecule is CNc1ncc(Cl)c(N2CCC(N3CCCCC3)CC2)n1. The zero-order chi connectivity index (χ0) is 14.7. The van der Waals surface area contributed by atoms with Gasteiger partial charge in [-0.15, -0.1) is 0 Å². The molecule has 0 spiro atoms. The van der Waals surface area contributed by atoms with Crippen molar-refractivity contribution >= 4 is 23.4 Å². The fraction of sp³-hybridized carbons (Fsp3) is 0.733. The molecule has 2 aliphatic heterocycles. The minimum Gasteiger partial charge on any atom is -0.357 e. The predicted molar refractivity (Wildman–Crippen MR) is 87.2 cm³/mol. The van der Waals surface area contributed by atoms with E-state index in [2.05, 4.69) is 25.1 Å². The van der Waals surface area contributed by atoms with E-state index in [0.717, 1.165) is 24.9 Å². The highest BCUT2D eigenvalue weighted by Gasteiger charge is 2.27. The first-order valence-corrected chi connectivity index (χ1v) is 8.35. The number of hydrogen-bond donors (Lipinski definition) is 1. The molecule has 6 heteroatoms. The van der Waals surface area contributed by atoms with Crippen molar-refractivity contribution in [3.05, 3.63) is 11.2 Å². The van der Waals surface area contributed by atoms with E-state index in [0.29, 0.717) is 11.0 Å². The van der Waals surface area contributed by atoms with Gasteiger partial charge in [-0.05, 0) is 38.8 Å². The minimum atomic E-state index is 0.632. The average molecular weight is 310 g/mol. The molecule has 1 aromatic rings. The largest absolute Gasteiger partial charge is 0.357 e. The lowest BCUT2D eigenvalue weighted by molar-refractivity contribution is 0.141. The Labute approximate surface area is 131 Å². The molecule has 0 radical (unpaired) electrons. The number of halogens is 1. The predicted octanol–water partition coefficient (Wildman–Crippen LogP) is 2.63. The molecule has 0 unspecified atom stereocenters. The van der Waals surface area contributed by atoms with Gasteiger partial charge in [0.15, 0.2) is 5.82 Å². The second-order valence-electron chi connectivity index (χ2n) is 5.93. The molecule has 2 fully saturated rings. The Morgan fingerprint density at radius 1 is 1.14 bits per heavy atom. The van der Waals surface area contributed by atoms with Gasteiger partial charge in [0.2, 0.25) is 5.95 Å². The minimum absolute atomic E-state index is 0.632. The molecule has 2 aliphatic rings. The van der Waals surface area contributed by atoms with Crippen LogP contribution < -0.4 is 10.2 Å². The number of nitrogens with one attached hydrogen (secondary N) is 1. The van der Waals surface area contributed by atoms with Crippen molar-refractivity contribution in [2.45, 2.75) is 38.1 Å². The molecule has 1 N–H and O–H groups in total. The Morgan fingerprint density at radius 3 is 2.52 bits per heavy atom. The smallest absolute Gasteiger partial charge is 0.224 e. The van der Waals surface area contributed by atoms with E-state index in [9.17, 15) is 0 Å². The van der Waals surface area contributed by atoms with Crippen LogP contribution in [0.1, 0.15) is 32.1 Å². The van der Waals surface area contributed by atoms with Crippen LogP contribution in [0, 0.1) is 0 Å². The van der Waals surface area contributed by atoms with Gasteiger partial charge in [-0.1, -0.05) is 18.0 Å². The van der Waals surface area contributed by atoms with Crippen molar-refractivity contribution in [1.29, 1.82) is 0 Å². The summed E-state index contributed by atoms with van der Waals surface area (Å²) >= 11 is 6.27. The molecular formula is C15H24ClN5. The van der Waals surface area contributed by atoms with Crippen molar-refractivity contribution in [1.82, 2.24) is 14.9 Å².